The van der Waals surface area contributed by atoms with Crippen molar-refractivity contribution in [3.05, 3.63) is 60.8 Å². The van der Waals surface area contributed by atoms with Gasteiger partial charge in [-0.3, -0.25) is 9.59 Å². The summed E-state index contributed by atoms with van der Waals surface area (Å²) in [5, 5.41) is 0. The first-order chi connectivity index (χ1) is 32.6. The number of hydrogen-bond acceptors (Lipinski definition) is 5. The molecule has 384 valence electrons. The van der Waals surface area contributed by atoms with E-state index in [2.05, 4.69) is 81.5 Å². The zero-order chi connectivity index (χ0) is 47.7. The maximum absolute atomic E-state index is 12.8. The van der Waals surface area contributed by atoms with Crippen LogP contribution in [0.15, 0.2) is 60.8 Å². The summed E-state index contributed by atoms with van der Waals surface area (Å²) in [4.78, 5) is 25.5. The highest BCUT2D eigenvalue weighted by Crippen LogP contribution is 2.16. The molecule has 0 aliphatic rings. The molecule has 0 saturated carbocycles. The normalized spacial score (nSPS) is 12.6. The molecule has 0 heterocycles. The summed E-state index contributed by atoms with van der Waals surface area (Å²) in [6.45, 7) is 7.70. The molecule has 0 aromatic heterocycles. The van der Waals surface area contributed by atoms with Crippen LogP contribution in [-0.4, -0.2) is 37.9 Å². The fraction of sp³-hybridized carbons (Fsp3) is 0.803. The van der Waals surface area contributed by atoms with Crippen molar-refractivity contribution in [3.63, 3.8) is 0 Å². The minimum absolute atomic E-state index is 0.0746. The van der Waals surface area contributed by atoms with Gasteiger partial charge in [-0.1, -0.05) is 255 Å². The Morgan fingerprint density at radius 1 is 0.348 bits per heavy atom. The quantitative estimate of drug-likeness (QED) is 0.0346. The lowest BCUT2D eigenvalue weighted by atomic mass is 10.0. The van der Waals surface area contributed by atoms with Crippen LogP contribution in [0, 0.1) is 0 Å². The van der Waals surface area contributed by atoms with Gasteiger partial charge in [0.2, 0.25) is 0 Å². The van der Waals surface area contributed by atoms with Crippen molar-refractivity contribution in [2.45, 2.75) is 297 Å². The molecule has 0 aromatic rings. The van der Waals surface area contributed by atoms with Gasteiger partial charge in [0.05, 0.1) is 6.61 Å². The Bertz CT molecular complexity index is 1130. The molecule has 5 heteroatoms. The zero-order valence-electron chi connectivity index (χ0n) is 44.2. The van der Waals surface area contributed by atoms with E-state index in [1.54, 1.807) is 0 Å². The van der Waals surface area contributed by atoms with Crippen LogP contribution < -0.4 is 0 Å². The molecule has 0 saturated heterocycles. The van der Waals surface area contributed by atoms with Gasteiger partial charge < -0.3 is 14.2 Å². The van der Waals surface area contributed by atoms with Gasteiger partial charge >= 0.3 is 11.9 Å². The fourth-order valence-corrected chi connectivity index (χ4v) is 8.26. The van der Waals surface area contributed by atoms with Gasteiger partial charge in [-0.25, -0.2) is 0 Å². The Labute approximate surface area is 411 Å². The molecule has 1 unspecified atom stereocenters. The maximum Gasteiger partial charge on any atom is 0.306 e. The summed E-state index contributed by atoms with van der Waals surface area (Å²) in [5.74, 6) is -0.420. The van der Waals surface area contributed by atoms with Crippen LogP contribution in [0.4, 0.5) is 0 Å². The van der Waals surface area contributed by atoms with Crippen LogP contribution in [0.5, 0.6) is 0 Å². The van der Waals surface area contributed by atoms with Crippen molar-refractivity contribution in [2.75, 3.05) is 19.8 Å². The number of unbranched alkanes of at least 4 members (excludes halogenated alkanes) is 32. The van der Waals surface area contributed by atoms with Crippen molar-refractivity contribution in [1.82, 2.24) is 0 Å². The second-order valence-electron chi connectivity index (χ2n) is 19.2. The Morgan fingerprint density at radius 2 is 0.682 bits per heavy atom. The minimum atomic E-state index is -0.552. The van der Waals surface area contributed by atoms with Crippen LogP contribution in [0.3, 0.4) is 0 Å². The monoisotopic (exact) mass is 923 g/mol. The third kappa shape index (κ3) is 54.2. The fourth-order valence-electron chi connectivity index (χ4n) is 8.26. The van der Waals surface area contributed by atoms with Gasteiger partial charge in [-0.05, 0) is 83.5 Å². The summed E-state index contributed by atoms with van der Waals surface area (Å²) in [6, 6.07) is 0. The predicted molar refractivity (Wildman–Crippen MR) is 288 cm³/mol. The van der Waals surface area contributed by atoms with Crippen LogP contribution in [0.1, 0.15) is 290 Å². The predicted octanol–water partition coefficient (Wildman–Crippen LogP) is 19.7. The lowest BCUT2D eigenvalue weighted by Crippen LogP contribution is -2.30. The van der Waals surface area contributed by atoms with Crippen LogP contribution >= 0.6 is 0 Å². The van der Waals surface area contributed by atoms with Crippen LogP contribution in [0.25, 0.3) is 0 Å². The van der Waals surface area contributed by atoms with Crippen LogP contribution in [0.2, 0.25) is 0 Å². The number of hydrogen-bond donors (Lipinski definition) is 0. The SMILES string of the molecule is CC/C=C\C/C=C\C/C=C\CCCCCC(=O)OC(COCCCCCCCCCCCC/C=C\C/C=C\CCCCC)COC(=O)CCCCCCCCCCCCCCCCCCC. The molecule has 0 aromatic carbocycles. The number of esters is 2. The Balaban J connectivity index is 4.24. The van der Waals surface area contributed by atoms with Crippen molar-refractivity contribution >= 4 is 11.9 Å². The summed E-state index contributed by atoms with van der Waals surface area (Å²) >= 11 is 0. The van der Waals surface area contributed by atoms with E-state index in [1.165, 1.54) is 180 Å². The largest absolute Gasteiger partial charge is 0.462 e. The van der Waals surface area contributed by atoms with Crippen molar-refractivity contribution < 1.29 is 23.8 Å². The Hall–Kier alpha value is -2.40. The third-order valence-electron chi connectivity index (χ3n) is 12.5. The topological polar surface area (TPSA) is 61.8 Å². The van der Waals surface area contributed by atoms with E-state index in [9.17, 15) is 9.59 Å². The van der Waals surface area contributed by atoms with E-state index in [4.69, 9.17) is 14.2 Å². The highest BCUT2D eigenvalue weighted by molar-refractivity contribution is 5.70. The van der Waals surface area contributed by atoms with Crippen molar-refractivity contribution in [3.8, 4) is 0 Å². The lowest BCUT2D eigenvalue weighted by Gasteiger charge is -2.18. The van der Waals surface area contributed by atoms with Gasteiger partial charge in [-0.15, -0.1) is 0 Å². The lowest BCUT2D eigenvalue weighted by molar-refractivity contribution is -0.163. The average Bonchev–Trinajstić information content (AvgIpc) is 3.32. The molecule has 0 bridgehead atoms. The molecule has 0 radical (unpaired) electrons. The molecular formula is C61H110O5. The molecule has 0 spiro atoms. The second kappa shape index (κ2) is 56.9. The van der Waals surface area contributed by atoms with Gasteiger partial charge in [-0.2, -0.15) is 0 Å². The standard InChI is InChI=1S/C61H110O5/c1-4-7-10-13-16-19-22-25-27-29-30-31-33-35-38-41-44-47-50-53-56-64-57-59(66-61(63)55-52-49-46-43-40-36-24-21-18-15-12-9-6-3)58-65-60(62)54-51-48-45-42-39-37-34-32-28-26-23-20-17-14-11-8-5-2/h9,12,16,18-19,21,25,27,36,40,59H,4-8,10-11,13-15,17,20,22-24,26,28-35,37-39,41-58H2,1-3H3/b12-9-,19-16-,21-18-,27-25-,40-36-. The number of carbonyl (C=O) groups is 2. The molecule has 66 heavy (non-hydrogen) atoms. The molecule has 0 aliphatic heterocycles. The highest BCUT2D eigenvalue weighted by Gasteiger charge is 2.17. The number of rotatable bonds is 53. The first-order valence-electron chi connectivity index (χ1n) is 28.8. The molecule has 0 N–H and O–H groups in total. The second-order valence-corrected chi connectivity index (χ2v) is 19.2. The van der Waals surface area contributed by atoms with E-state index in [1.807, 2.05) is 0 Å². The zero-order valence-corrected chi connectivity index (χ0v) is 44.2. The summed E-state index contributed by atoms with van der Waals surface area (Å²) in [5.41, 5.74) is 0. The van der Waals surface area contributed by atoms with E-state index in [0.717, 1.165) is 77.0 Å². The van der Waals surface area contributed by atoms with Gasteiger partial charge in [0.25, 0.3) is 0 Å². The Morgan fingerprint density at radius 3 is 1.14 bits per heavy atom. The van der Waals surface area contributed by atoms with E-state index < -0.39 is 6.10 Å². The van der Waals surface area contributed by atoms with Crippen molar-refractivity contribution in [2.24, 2.45) is 0 Å². The Kier molecular flexibility index (Phi) is 54.9. The minimum Gasteiger partial charge on any atom is -0.462 e. The summed E-state index contributed by atoms with van der Waals surface area (Å²) < 4.78 is 17.5. The molecule has 0 rings (SSSR count). The van der Waals surface area contributed by atoms with Gasteiger partial charge in [0, 0.05) is 19.4 Å². The third-order valence-corrected chi connectivity index (χ3v) is 12.5. The van der Waals surface area contributed by atoms with E-state index >= 15 is 0 Å². The molecule has 0 fully saturated rings. The van der Waals surface area contributed by atoms with Gasteiger partial charge in [0.1, 0.15) is 6.61 Å². The number of ether oxygens (including phenoxy) is 3. The van der Waals surface area contributed by atoms with Gasteiger partial charge in [0.15, 0.2) is 6.10 Å². The number of carbonyl (C=O) groups excluding carboxylic acids is 2. The first-order valence-corrected chi connectivity index (χ1v) is 28.8. The highest BCUT2D eigenvalue weighted by atomic mass is 16.6. The molecule has 0 aliphatic carbocycles. The smallest absolute Gasteiger partial charge is 0.306 e. The number of allylic oxidation sites excluding steroid dienone is 10. The molecule has 1 atom stereocenters. The summed E-state index contributed by atoms with van der Waals surface area (Å²) in [6.07, 6.45) is 72.5. The average molecular weight is 924 g/mol. The first kappa shape index (κ1) is 63.6. The summed E-state index contributed by atoms with van der Waals surface area (Å²) in [7, 11) is 0. The van der Waals surface area contributed by atoms with E-state index in [-0.39, 0.29) is 25.2 Å². The molecular weight excluding hydrogens is 813 g/mol. The van der Waals surface area contributed by atoms with Crippen LogP contribution in [-0.2, 0) is 23.8 Å². The van der Waals surface area contributed by atoms with E-state index in [0.29, 0.717) is 19.4 Å². The maximum atomic E-state index is 12.8. The van der Waals surface area contributed by atoms with Crippen molar-refractivity contribution in [1.29, 1.82) is 0 Å². The molecule has 0 amide bonds. The molecule has 5 nitrogen and oxygen atoms in total.